The van der Waals surface area contributed by atoms with Gasteiger partial charge in [0.2, 0.25) is 5.91 Å². The standard InChI is InChI=1S/C23H31N5OS.HI/c1-2-24-23(25-15-17-14-22(29)27-19-9-4-3-8-18(17)19)26-16-20(21-10-7-13-30-21)28-11-5-6-12-28;/h3-4,7-10,13,17,20H,2,5-6,11-12,14-16H2,1H3,(H,27,29)(H2,24,25,26);1H. The van der Waals surface area contributed by atoms with Crippen LogP contribution in [-0.2, 0) is 4.79 Å². The molecule has 2 unspecified atom stereocenters. The number of nitrogens with one attached hydrogen (secondary N) is 3. The van der Waals surface area contributed by atoms with Crippen molar-refractivity contribution in [3.63, 3.8) is 0 Å². The van der Waals surface area contributed by atoms with E-state index in [4.69, 9.17) is 4.99 Å². The summed E-state index contributed by atoms with van der Waals surface area (Å²) in [6.45, 7) is 6.60. The molecule has 2 aliphatic heterocycles. The molecule has 8 heteroatoms. The lowest BCUT2D eigenvalue weighted by Crippen LogP contribution is -2.41. The highest BCUT2D eigenvalue weighted by molar-refractivity contribution is 14.0. The first-order valence-corrected chi connectivity index (χ1v) is 11.8. The number of anilines is 1. The second-order valence-electron chi connectivity index (χ2n) is 7.91. The molecule has 3 N–H and O–H groups in total. The number of para-hydroxylation sites is 1. The molecule has 6 nitrogen and oxygen atoms in total. The summed E-state index contributed by atoms with van der Waals surface area (Å²) in [5.74, 6) is 1.04. The summed E-state index contributed by atoms with van der Waals surface area (Å²) in [7, 11) is 0. The number of carbonyl (C=O) groups excluding carboxylic acids is 1. The van der Waals surface area contributed by atoms with Gasteiger partial charge in [-0.1, -0.05) is 24.3 Å². The molecular formula is C23H32IN5OS. The number of halogens is 1. The van der Waals surface area contributed by atoms with Crippen molar-refractivity contribution in [1.82, 2.24) is 15.5 Å². The Morgan fingerprint density at radius 1 is 1.23 bits per heavy atom. The van der Waals surface area contributed by atoms with Gasteiger partial charge in [0.15, 0.2) is 5.96 Å². The molecule has 1 aromatic heterocycles. The summed E-state index contributed by atoms with van der Waals surface area (Å²) >= 11 is 1.82. The fourth-order valence-electron chi connectivity index (χ4n) is 4.34. The van der Waals surface area contributed by atoms with Crippen molar-refractivity contribution in [2.45, 2.75) is 38.1 Å². The number of hydrogen-bond donors (Lipinski definition) is 3. The molecular weight excluding hydrogens is 521 g/mol. The van der Waals surface area contributed by atoms with E-state index in [1.54, 1.807) is 0 Å². The van der Waals surface area contributed by atoms with Gasteiger partial charge >= 0.3 is 0 Å². The second kappa shape index (κ2) is 11.8. The van der Waals surface area contributed by atoms with Crippen LogP contribution in [0.5, 0.6) is 0 Å². The maximum absolute atomic E-state index is 12.1. The number of carbonyl (C=O) groups is 1. The van der Waals surface area contributed by atoms with E-state index in [9.17, 15) is 4.79 Å². The van der Waals surface area contributed by atoms with Gasteiger partial charge in [0.25, 0.3) is 0 Å². The molecule has 3 heterocycles. The zero-order valence-corrected chi connectivity index (χ0v) is 21.1. The molecule has 2 atom stereocenters. The average Bonchev–Trinajstić information content (AvgIpc) is 3.46. The summed E-state index contributed by atoms with van der Waals surface area (Å²) < 4.78 is 0. The Bertz CT molecular complexity index is 867. The van der Waals surface area contributed by atoms with Crippen LogP contribution >= 0.6 is 35.3 Å². The molecule has 1 saturated heterocycles. The molecule has 2 aliphatic rings. The molecule has 1 amide bonds. The third-order valence-corrected chi connectivity index (χ3v) is 6.82. The van der Waals surface area contributed by atoms with Crippen LogP contribution in [0.4, 0.5) is 5.69 Å². The van der Waals surface area contributed by atoms with Gasteiger partial charge in [0, 0.05) is 36.0 Å². The fraction of sp³-hybridized carbons (Fsp3) is 0.478. The predicted molar refractivity (Wildman–Crippen MR) is 140 cm³/mol. The van der Waals surface area contributed by atoms with Crippen LogP contribution in [0.2, 0.25) is 0 Å². The molecule has 0 radical (unpaired) electrons. The highest BCUT2D eigenvalue weighted by Crippen LogP contribution is 2.31. The lowest BCUT2D eigenvalue weighted by atomic mass is 9.90. The summed E-state index contributed by atoms with van der Waals surface area (Å²) in [4.78, 5) is 21.0. The number of guanidine groups is 1. The monoisotopic (exact) mass is 553 g/mol. The van der Waals surface area contributed by atoms with Crippen molar-refractivity contribution in [3.05, 3.63) is 52.2 Å². The van der Waals surface area contributed by atoms with Crippen molar-refractivity contribution < 1.29 is 4.79 Å². The number of nitrogens with zero attached hydrogens (tertiary/aromatic N) is 2. The maximum Gasteiger partial charge on any atom is 0.225 e. The van der Waals surface area contributed by atoms with Crippen molar-refractivity contribution in [1.29, 1.82) is 0 Å². The normalized spacial score (nSPS) is 19.8. The molecule has 168 valence electrons. The van der Waals surface area contributed by atoms with E-state index in [1.165, 1.54) is 23.3 Å². The van der Waals surface area contributed by atoms with Crippen molar-refractivity contribution in [2.24, 2.45) is 4.99 Å². The largest absolute Gasteiger partial charge is 0.357 e. The maximum atomic E-state index is 12.1. The van der Waals surface area contributed by atoms with Gasteiger partial charge in [-0.05, 0) is 55.9 Å². The first-order valence-electron chi connectivity index (χ1n) is 10.9. The molecule has 1 fully saturated rings. The Morgan fingerprint density at radius 2 is 2.03 bits per heavy atom. The third-order valence-electron chi connectivity index (χ3n) is 5.84. The molecule has 0 saturated carbocycles. The number of hydrogen-bond acceptors (Lipinski definition) is 4. The zero-order valence-electron chi connectivity index (χ0n) is 18.0. The average molecular weight is 554 g/mol. The smallest absolute Gasteiger partial charge is 0.225 e. The Hall–Kier alpha value is -1.65. The zero-order chi connectivity index (χ0) is 20.8. The summed E-state index contributed by atoms with van der Waals surface area (Å²) in [5.41, 5.74) is 2.11. The van der Waals surface area contributed by atoms with Gasteiger partial charge in [-0.2, -0.15) is 0 Å². The van der Waals surface area contributed by atoms with E-state index < -0.39 is 0 Å². The van der Waals surface area contributed by atoms with E-state index in [0.717, 1.165) is 37.8 Å². The van der Waals surface area contributed by atoms with Crippen LogP contribution in [0.3, 0.4) is 0 Å². The van der Waals surface area contributed by atoms with Crippen LogP contribution in [-0.4, -0.2) is 49.5 Å². The predicted octanol–water partition coefficient (Wildman–Crippen LogP) is 4.18. The van der Waals surface area contributed by atoms with Crippen LogP contribution < -0.4 is 16.0 Å². The molecule has 0 spiro atoms. The minimum Gasteiger partial charge on any atom is -0.357 e. The van der Waals surface area contributed by atoms with E-state index in [-0.39, 0.29) is 35.8 Å². The number of fused-ring (bicyclic) bond motifs is 1. The van der Waals surface area contributed by atoms with E-state index >= 15 is 0 Å². The van der Waals surface area contributed by atoms with Crippen LogP contribution in [0.15, 0.2) is 46.8 Å². The van der Waals surface area contributed by atoms with E-state index in [2.05, 4.69) is 51.4 Å². The third kappa shape index (κ3) is 6.20. The number of aliphatic imine (C=N–C) groups is 1. The Labute approximate surface area is 205 Å². The molecule has 0 aliphatic carbocycles. The van der Waals surface area contributed by atoms with Gasteiger partial charge in [-0.15, -0.1) is 35.3 Å². The van der Waals surface area contributed by atoms with Gasteiger partial charge in [0.1, 0.15) is 0 Å². The Balaban J connectivity index is 0.00000272. The van der Waals surface area contributed by atoms with Crippen molar-refractivity contribution in [2.75, 3.05) is 38.0 Å². The summed E-state index contributed by atoms with van der Waals surface area (Å²) in [5, 5.41) is 12.0. The number of thiophene rings is 1. The lowest BCUT2D eigenvalue weighted by Gasteiger charge is -2.27. The molecule has 4 rings (SSSR count). The molecule has 2 aromatic rings. The number of benzene rings is 1. The highest BCUT2D eigenvalue weighted by Gasteiger charge is 2.26. The van der Waals surface area contributed by atoms with E-state index in [0.29, 0.717) is 19.0 Å². The summed E-state index contributed by atoms with van der Waals surface area (Å²) in [6, 6.07) is 12.8. The highest BCUT2D eigenvalue weighted by atomic mass is 127. The number of rotatable bonds is 7. The SMILES string of the molecule is CCNC(=NCC(c1cccs1)N1CCCC1)NCC1CC(=O)Nc2ccccc21.I. The first kappa shape index (κ1) is 24.0. The molecule has 31 heavy (non-hydrogen) atoms. The topological polar surface area (TPSA) is 68.8 Å². The Kier molecular flexibility index (Phi) is 9.15. The van der Waals surface area contributed by atoms with Gasteiger partial charge < -0.3 is 16.0 Å². The van der Waals surface area contributed by atoms with Crippen molar-refractivity contribution >= 4 is 52.9 Å². The quantitative estimate of drug-likeness (QED) is 0.274. The lowest BCUT2D eigenvalue weighted by molar-refractivity contribution is -0.116. The second-order valence-corrected chi connectivity index (χ2v) is 8.89. The minimum atomic E-state index is 0. The van der Waals surface area contributed by atoms with Crippen molar-refractivity contribution in [3.8, 4) is 0 Å². The van der Waals surface area contributed by atoms with Crippen LogP contribution in [0.25, 0.3) is 0 Å². The van der Waals surface area contributed by atoms with Crippen LogP contribution in [0, 0.1) is 0 Å². The van der Waals surface area contributed by atoms with Crippen LogP contribution in [0.1, 0.15) is 48.6 Å². The first-order chi connectivity index (χ1) is 14.7. The van der Waals surface area contributed by atoms with E-state index in [1.807, 2.05) is 29.5 Å². The van der Waals surface area contributed by atoms with Gasteiger partial charge in [0.05, 0.1) is 12.6 Å². The molecule has 1 aromatic carbocycles. The number of likely N-dealkylation sites (tertiary alicyclic amines) is 1. The minimum absolute atomic E-state index is 0. The summed E-state index contributed by atoms with van der Waals surface area (Å²) in [6.07, 6.45) is 3.04. The Morgan fingerprint density at radius 3 is 2.77 bits per heavy atom. The van der Waals surface area contributed by atoms with Gasteiger partial charge in [-0.3, -0.25) is 14.7 Å². The van der Waals surface area contributed by atoms with Gasteiger partial charge in [-0.25, -0.2) is 0 Å². The number of amides is 1. The molecule has 0 bridgehead atoms. The fourth-order valence-corrected chi connectivity index (χ4v) is 5.19.